The molecule has 1 N–H and O–H groups in total. The van der Waals surface area contributed by atoms with E-state index in [1.165, 1.54) is 25.7 Å². The van der Waals surface area contributed by atoms with Gasteiger partial charge in [0.2, 0.25) is 0 Å². The van der Waals surface area contributed by atoms with Crippen LogP contribution in [0.25, 0.3) is 0 Å². The summed E-state index contributed by atoms with van der Waals surface area (Å²) < 4.78 is 11.3. The van der Waals surface area contributed by atoms with Crippen LogP contribution in [0.5, 0.6) is 11.5 Å². The number of rotatable bonds is 8. The maximum atomic E-state index is 12.3. The SMILES string of the molecule is CCCCCCCCOC(=O)NC1c2ccccc2Oc2ccccc21. The van der Waals surface area contributed by atoms with Crippen molar-refractivity contribution in [1.82, 2.24) is 5.32 Å². The second kappa shape index (κ2) is 9.27. The van der Waals surface area contributed by atoms with Crippen LogP contribution in [0.15, 0.2) is 48.5 Å². The van der Waals surface area contributed by atoms with Gasteiger partial charge >= 0.3 is 6.09 Å². The van der Waals surface area contributed by atoms with E-state index in [0.717, 1.165) is 35.5 Å². The number of para-hydroxylation sites is 2. The highest BCUT2D eigenvalue weighted by Gasteiger charge is 2.28. The Bertz CT molecular complexity index is 683. The molecule has 0 saturated heterocycles. The van der Waals surface area contributed by atoms with Crippen molar-refractivity contribution in [3.63, 3.8) is 0 Å². The van der Waals surface area contributed by atoms with Crippen molar-refractivity contribution < 1.29 is 14.3 Å². The van der Waals surface area contributed by atoms with E-state index in [0.29, 0.717) is 6.61 Å². The fourth-order valence-electron chi connectivity index (χ4n) is 3.27. The minimum Gasteiger partial charge on any atom is -0.457 e. The summed E-state index contributed by atoms with van der Waals surface area (Å²) in [5.74, 6) is 1.54. The van der Waals surface area contributed by atoms with Crippen molar-refractivity contribution in [2.75, 3.05) is 6.61 Å². The minimum atomic E-state index is -0.380. The number of unbranched alkanes of at least 4 members (excludes halogenated alkanes) is 5. The van der Waals surface area contributed by atoms with Crippen LogP contribution in [0.1, 0.15) is 62.6 Å². The molecule has 1 aliphatic rings. The minimum absolute atomic E-state index is 0.256. The molecule has 3 rings (SSSR count). The monoisotopic (exact) mass is 353 g/mol. The zero-order chi connectivity index (χ0) is 18.2. The molecule has 4 heteroatoms. The van der Waals surface area contributed by atoms with E-state index in [-0.39, 0.29) is 12.1 Å². The van der Waals surface area contributed by atoms with Crippen molar-refractivity contribution in [2.45, 2.75) is 51.5 Å². The Morgan fingerprint density at radius 3 is 2.15 bits per heavy atom. The molecule has 0 saturated carbocycles. The van der Waals surface area contributed by atoms with Crippen LogP contribution in [0, 0.1) is 0 Å². The number of hydrogen-bond acceptors (Lipinski definition) is 3. The van der Waals surface area contributed by atoms with Crippen molar-refractivity contribution in [2.24, 2.45) is 0 Å². The van der Waals surface area contributed by atoms with Crippen LogP contribution in [-0.4, -0.2) is 12.7 Å². The Kier molecular flexibility index (Phi) is 6.53. The molecule has 0 radical (unpaired) electrons. The van der Waals surface area contributed by atoms with Gasteiger partial charge in [-0.2, -0.15) is 0 Å². The number of fused-ring (bicyclic) bond motifs is 2. The summed E-state index contributed by atoms with van der Waals surface area (Å²) in [6.07, 6.45) is 6.64. The molecule has 0 aliphatic carbocycles. The van der Waals surface area contributed by atoms with Gasteiger partial charge in [0.25, 0.3) is 0 Å². The van der Waals surface area contributed by atoms with Crippen LogP contribution < -0.4 is 10.1 Å². The van der Waals surface area contributed by atoms with Crippen LogP contribution in [0.3, 0.4) is 0 Å². The lowest BCUT2D eigenvalue weighted by atomic mass is 9.95. The Morgan fingerprint density at radius 2 is 1.50 bits per heavy atom. The highest BCUT2D eigenvalue weighted by atomic mass is 16.5. The first-order valence-corrected chi connectivity index (χ1v) is 9.58. The Balaban J connectivity index is 1.57. The van der Waals surface area contributed by atoms with Gasteiger partial charge in [-0.1, -0.05) is 75.4 Å². The second-order valence-corrected chi connectivity index (χ2v) is 6.66. The molecular weight excluding hydrogens is 326 g/mol. The quantitative estimate of drug-likeness (QED) is 0.595. The summed E-state index contributed by atoms with van der Waals surface area (Å²) in [4.78, 5) is 12.3. The molecule has 138 valence electrons. The zero-order valence-electron chi connectivity index (χ0n) is 15.4. The standard InChI is InChI=1S/C22H27NO3/c1-2-3-4-5-6-11-16-25-22(24)23-21-17-12-7-9-14-19(17)26-20-15-10-8-13-18(20)21/h7-10,12-15,21H,2-6,11,16H2,1H3,(H,23,24). The number of hydrogen-bond donors (Lipinski definition) is 1. The molecular formula is C22H27NO3. The zero-order valence-corrected chi connectivity index (χ0v) is 15.4. The molecule has 1 aliphatic heterocycles. The largest absolute Gasteiger partial charge is 0.457 e. The smallest absolute Gasteiger partial charge is 0.407 e. The van der Waals surface area contributed by atoms with Crippen molar-refractivity contribution in [3.8, 4) is 11.5 Å². The first kappa shape index (κ1) is 18.3. The Hall–Kier alpha value is -2.49. The van der Waals surface area contributed by atoms with E-state index in [4.69, 9.17) is 9.47 Å². The summed E-state index contributed by atoms with van der Waals surface area (Å²) in [5.41, 5.74) is 1.89. The molecule has 0 atom stereocenters. The lowest BCUT2D eigenvalue weighted by Gasteiger charge is -2.28. The molecule has 0 bridgehead atoms. The predicted molar refractivity (Wildman–Crippen MR) is 103 cm³/mol. The number of amides is 1. The van der Waals surface area contributed by atoms with Crippen LogP contribution in [-0.2, 0) is 4.74 Å². The molecule has 26 heavy (non-hydrogen) atoms. The summed E-state index contributed by atoms with van der Waals surface area (Å²) in [6, 6.07) is 15.3. The van der Waals surface area contributed by atoms with Crippen molar-refractivity contribution >= 4 is 6.09 Å². The van der Waals surface area contributed by atoms with Gasteiger partial charge in [-0.15, -0.1) is 0 Å². The number of alkyl carbamates (subject to hydrolysis) is 1. The third-order valence-corrected chi connectivity index (χ3v) is 4.67. The highest BCUT2D eigenvalue weighted by molar-refractivity contribution is 5.70. The van der Waals surface area contributed by atoms with Crippen molar-refractivity contribution in [3.05, 3.63) is 59.7 Å². The van der Waals surface area contributed by atoms with Gasteiger partial charge in [0.15, 0.2) is 0 Å². The normalized spacial score (nSPS) is 12.7. The number of nitrogens with one attached hydrogen (secondary N) is 1. The fourth-order valence-corrected chi connectivity index (χ4v) is 3.27. The molecule has 1 amide bonds. The first-order valence-electron chi connectivity index (χ1n) is 9.58. The van der Waals surface area contributed by atoms with E-state index in [1.54, 1.807) is 0 Å². The van der Waals surface area contributed by atoms with E-state index < -0.39 is 0 Å². The first-order chi connectivity index (χ1) is 12.8. The molecule has 4 nitrogen and oxygen atoms in total. The van der Waals surface area contributed by atoms with E-state index in [2.05, 4.69) is 12.2 Å². The highest BCUT2D eigenvalue weighted by Crippen LogP contribution is 2.42. The molecule has 0 unspecified atom stereocenters. The number of carbonyl (C=O) groups is 1. The van der Waals surface area contributed by atoms with Crippen LogP contribution in [0.4, 0.5) is 4.79 Å². The van der Waals surface area contributed by atoms with Crippen LogP contribution in [0.2, 0.25) is 0 Å². The average Bonchev–Trinajstić information content (AvgIpc) is 2.67. The van der Waals surface area contributed by atoms with Gasteiger partial charge in [0.1, 0.15) is 11.5 Å². The molecule has 2 aromatic rings. The van der Waals surface area contributed by atoms with Gasteiger partial charge in [-0.25, -0.2) is 4.79 Å². The van der Waals surface area contributed by atoms with Crippen molar-refractivity contribution in [1.29, 1.82) is 0 Å². The van der Waals surface area contributed by atoms with E-state index in [1.807, 2.05) is 48.5 Å². The van der Waals surface area contributed by atoms with Gasteiger partial charge in [0, 0.05) is 11.1 Å². The molecule has 1 heterocycles. The number of ether oxygens (including phenoxy) is 2. The summed E-state index contributed by atoms with van der Waals surface area (Å²) in [7, 11) is 0. The van der Waals surface area contributed by atoms with E-state index in [9.17, 15) is 4.79 Å². The van der Waals surface area contributed by atoms with Gasteiger partial charge in [0.05, 0.1) is 12.6 Å². The Labute approximate surface area is 155 Å². The molecule has 2 aromatic carbocycles. The third-order valence-electron chi connectivity index (χ3n) is 4.67. The fraction of sp³-hybridized carbons (Fsp3) is 0.409. The number of benzene rings is 2. The summed E-state index contributed by atoms with van der Waals surface area (Å²) in [5, 5.41) is 3.00. The van der Waals surface area contributed by atoms with E-state index >= 15 is 0 Å². The lowest BCUT2D eigenvalue weighted by molar-refractivity contribution is 0.141. The van der Waals surface area contributed by atoms with Gasteiger partial charge in [-0.05, 0) is 18.6 Å². The van der Waals surface area contributed by atoms with Gasteiger partial charge < -0.3 is 14.8 Å². The van der Waals surface area contributed by atoms with Gasteiger partial charge in [-0.3, -0.25) is 0 Å². The number of carbonyl (C=O) groups excluding carboxylic acids is 1. The van der Waals surface area contributed by atoms with Crippen LogP contribution >= 0.6 is 0 Å². The predicted octanol–water partition coefficient (Wildman–Crippen LogP) is 5.97. The Morgan fingerprint density at radius 1 is 0.923 bits per heavy atom. The molecule has 0 aromatic heterocycles. The average molecular weight is 353 g/mol. The maximum absolute atomic E-state index is 12.3. The molecule has 0 fully saturated rings. The third kappa shape index (κ3) is 4.57. The summed E-state index contributed by atoms with van der Waals surface area (Å²) in [6.45, 7) is 2.67. The summed E-state index contributed by atoms with van der Waals surface area (Å²) >= 11 is 0. The lowest BCUT2D eigenvalue weighted by Crippen LogP contribution is -2.31. The molecule has 0 spiro atoms. The second-order valence-electron chi connectivity index (χ2n) is 6.66. The maximum Gasteiger partial charge on any atom is 0.407 e. The topological polar surface area (TPSA) is 47.6 Å².